The van der Waals surface area contributed by atoms with Crippen LogP contribution < -0.4 is 20.7 Å². The summed E-state index contributed by atoms with van der Waals surface area (Å²) in [5.41, 5.74) is 3.12. The van der Waals surface area contributed by atoms with Gasteiger partial charge in [0.25, 0.3) is 0 Å². The van der Waals surface area contributed by atoms with E-state index >= 15 is 0 Å². The normalized spacial score (nSPS) is 11.0. The molecular weight excluding hydrogens is 489 g/mol. The van der Waals surface area contributed by atoms with Crippen molar-refractivity contribution in [3.05, 3.63) is 84.7 Å². The Kier molecular flexibility index (Phi) is 7.37. The predicted octanol–water partition coefficient (Wildman–Crippen LogP) is 5.75. The molecule has 4 amide bonds. The van der Waals surface area contributed by atoms with Gasteiger partial charge < -0.3 is 15.4 Å². The molecule has 0 bridgehead atoms. The number of halogens is 3. The number of aromatic nitrogens is 3. The Hall–Kier alpha value is -4.87. The highest BCUT2D eigenvalue weighted by atomic mass is 19.4. The Morgan fingerprint density at radius 2 is 1.59 bits per heavy atom. The van der Waals surface area contributed by atoms with Crippen molar-refractivity contribution in [1.29, 1.82) is 0 Å². The average Bonchev–Trinajstić information content (AvgIpc) is 3.34. The molecule has 190 valence electrons. The smallest absolute Gasteiger partial charge is 0.406 e. The lowest BCUT2D eigenvalue weighted by molar-refractivity contribution is -0.274. The van der Waals surface area contributed by atoms with Crippen LogP contribution in [0.3, 0.4) is 0 Å². The number of alkyl halides is 3. The number of nitrogens with one attached hydrogen (secondary N) is 3. The fourth-order valence-electron chi connectivity index (χ4n) is 3.39. The van der Waals surface area contributed by atoms with Gasteiger partial charge in [0.15, 0.2) is 5.82 Å². The number of anilines is 2. The van der Waals surface area contributed by atoms with Crippen LogP contribution in [0, 0.1) is 0 Å². The number of ether oxygens (including phenoxy) is 1. The molecule has 3 aromatic carbocycles. The molecule has 4 aromatic rings. The van der Waals surface area contributed by atoms with E-state index in [1.54, 1.807) is 36.4 Å². The lowest BCUT2D eigenvalue weighted by atomic mass is 10.1. The first-order valence-electron chi connectivity index (χ1n) is 11.1. The van der Waals surface area contributed by atoms with Crippen molar-refractivity contribution < 1.29 is 27.5 Å². The van der Waals surface area contributed by atoms with Crippen molar-refractivity contribution in [3.63, 3.8) is 0 Å². The van der Waals surface area contributed by atoms with Gasteiger partial charge in [0.05, 0.1) is 5.69 Å². The molecule has 0 spiro atoms. The van der Waals surface area contributed by atoms with E-state index < -0.39 is 18.4 Å². The molecule has 37 heavy (non-hydrogen) atoms. The predicted molar refractivity (Wildman–Crippen MR) is 130 cm³/mol. The summed E-state index contributed by atoms with van der Waals surface area (Å²) in [5, 5.41) is 11.8. The van der Waals surface area contributed by atoms with E-state index in [0.29, 0.717) is 28.5 Å². The van der Waals surface area contributed by atoms with Crippen LogP contribution >= 0.6 is 0 Å². The molecule has 0 radical (unpaired) electrons. The van der Waals surface area contributed by atoms with Crippen LogP contribution in [0.5, 0.6) is 5.75 Å². The van der Waals surface area contributed by atoms with E-state index in [4.69, 9.17) is 0 Å². The van der Waals surface area contributed by atoms with Crippen molar-refractivity contribution >= 4 is 23.4 Å². The minimum absolute atomic E-state index is 0.341. The minimum Gasteiger partial charge on any atom is -0.406 e. The first-order chi connectivity index (χ1) is 17.7. The summed E-state index contributed by atoms with van der Waals surface area (Å²) in [6.45, 7) is 1.96. The quantitative estimate of drug-likeness (QED) is 0.306. The molecule has 12 heteroatoms. The van der Waals surface area contributed by atoms with Crippen LogP contribution in [0.2, 0.25) is 0 Å². The van der Waals surface area contributed by atoms with E-state index in [-0.39, 0.29) is 5.75 Å². The molecule has 0 atom stereocenters. The minimum atomic E-state index is -4.77. The number of carbonyl (C=O) groups excluding carboxylic acids is 2. The van der Waals surface area contributed by atoms with E-state index in [9.17, 15) is 22.8 Å². The summed E-state index contributed by atoms with van der Waals surface area (Å²) in [4.78, 5) is 28.6. The summed E-state index contributed by atoms with van der Waals surface area (Å²) < 4.78 is 42.2. The zero-order valence-corrected chi connectivity index (χ0v) is 19.4. The molecule has 0 saturated carbocycles. The van der Waals surface area contributed by atoms with E-state index in [0.717, 1.165) is 12.0 Å². The second-order valence-corrected chi connectivity index (χ2v) is 7.68. The molecule has 1 aromatic heterocycles. The zero-order valence-electron chi connectivity index (χ0n) is 19.4. The highest BCUT2D eigenvalue weighted by Gasteiger charge is 2.31. The van der Waals surface area contributed by atoms with Crippen LogP contribution in [0.15, 0.2) is 79.1 Å². The number of para-hydroxylation sites is 1. The molecule has 0 aliphatic carbocycles. The van der Waals surface area contributed by atoms with Crippen LogP contribution in [0.4, 0.5) is 34.1 Å². The second-order valence-electron chi connectivity index (χ2n) is 7.68. The maximum atomic E-state index is 12.3. The Balaban J connectivity index is 1.34. The van der Waals surface area contributed by atoms with E-state index in [1.165, 1.54) is 35.3 Å². The number of amides is 4. The number of imide groups is 1. The highest BCUT2D eigenvalue weighted by molar-refractivity contribution is 6.05. The molecule has 9 nitrogen and oxygen atoms in total. The van der Waals surface area contributed by atoms with Gasteiger partial charge in [-0.2, -0.15) is 0 Å². The highest BCUT2D eigenvalue weighted by Crippen LogP contribution is 2.24. The summed E-state index contributed by atoms with van der Waals surface area (Å²) >= 11 is 0. The number of hydrogen-bond acceptors (Lipinski definition) is 5. The van der Waals surface area contributed by atoms with E-state index in [2.05, 4.69) is 30.8 Å². The summed E-state index contributed by atoms with van der Waals surface area (Å²) in [7, 11) is 0. The van der Waals surface area contributed by atoms with Crippen molar-refractivity contribution in [2.75, 3.05) is 10.6 Å². The van der Waals surface area contributed by atoms with Gasteiger partial charge in [-0.1, -0.05) is 25.1 Å². The SMILES string of the molecule is CCc1ccccc1NC(=O)NC(=O)Nc1ccc(-c2ncn(-c3ccc(OC(F)(F)F)cc3)n2)cc1. The third-order valence-electron chi connectivity index (χ3n) is 5.10. The van der Waals surface area contributed by atoms with Crippen LogP contribution in [0.1, 0.15) is 12.5 Å². The molecule has 0 unspecified atom stereocenters. The number of hydrogen-bond donors (Lipinski definition) is 3. The fraction of sp³-hybridized carbons (Fsp3) is 0.120. The molecule has 0 aliphatic rings. The monoisotopic (exact) mass is 510 g/mol. The van der Waals surface area contributed by atoms with Crippen LogP contribution in [0.25, 0.3) is 17.1 Å². The first kappa shape index (κ1) is 25.2. The molecule has 4 rings (SSSR count). The summed E-state index contributed by atoms with van der Waals surface area (Å²) in [5.74, 6) is 0.0209. The Morgan fingerprint density at radius 3 is 2.27 bits per heavy atom. The van der Waals surface area contributed by atoms with Crippen molar-refractivity contribution in [1.82, 2.24) is 20.1 Å². The van der Waals surface area contributed by atoms with Crippen molar-refractivity contribution in [3.8, 4) is 22.8 Å². The third kappa shape index (κ3) is 6.84. The zero-order chi connectivity index (χ0) is 26.4. The average molecular weight is 510 g/mol. The van der Waals surface area contributed by atoms with Gasteiger partial charge in [-0.15, -0.1) is 18.3 Å². The summed E-state index contributed by atoms with van der Waals surface area (Å²) in [6, 6.07) is 17.7. The van der Waals surface area contributed by atoms with Crippen LogP contribution in [-0.4, -0.2) is 33.2 Å². The number of nitrogens with zero attached hydrogens (tertiary/aromatic N) is 3. The number of urea groups is 2. The number of aryl methyl sites for hydroxylation is 1. The molecule has 0 fully saturated rings. The van der Waals surface area contributed by atoms with Gasteiger partial charge in [-0.3, -0.25) is 5.32 Å². The largest absolute Gasteiger partial charge is 0.573 e. The number of rotatable bonds is 6. The Bertz CT molecular complexity index is 1390. The van der Waals surface area contributed by atoms with E-state index in [1.807, 2.05) is 19.1 Å². The molecule has 0 aliphatic heterocycles. The third-order valence-corrected chi connectivity index (χ3v) is 5.10. The van der Waals surface area contributed by atoms with Crippen molar-refractivity contribution in [2.45, 2.75) is 19.7 Å². The first-order valence-corrected chi connectivity index (χ1v) is 11.1. The lowest BCUT2D eigenvalue weighted by Gasteiger charge is -2.11. The molecule has 0 saturated heterocycles. The standard InChI is InChI=1S/C25H21F3N6O3/c1-2-16-5-3-4-6-21(16)31-24(36)32-23(35)30-18-9-7-17(8-10-18)22-29-15-34(33-22)19-11-13-20(14-12-19)37-25(26,27)28/h3-15H,2H2,1H3,(H3,30,31,32,35,36). The Morgan fingerprint density at radius 1 is 0.919 bits per heavy atom. The van der Waals surface area contributed by atoms with Gasteiger partial charge in [-0.05, 0) is 66.6 Å². The maximum absolute atomic E-state index is 12.3. The van der Waals surface area contributed by atoms with Crippen molar-refractivity contribution in [2.24, 2.45) is 0 Å². The number of carbonyl (C=O) groups is 2. The van der Waals surface area contributed by atoms with Gasteiger partial charge in [0.2, 0.25) is 0 Å². The number of benzene rings is 3. The summed E-state index contributed by atoms with van der Waals surface area (Å²) in [6.07, 6.45) is -2.62. The molecular formula is C25H21F3N6O3. The fourth-order valence-corrected chi connectivity index (χ4v) is 3.39. The van der Waals surface area contributed by atoms with Gasteiger partial charge in [0.1, 0.15) is 12.1 Å². The maximum Gasteiger partial charge on any atom is 0.573 e. The van der Waals surface area contributed by atoms with Crippen LogP contribution in [-0.2, 0) is 6.42 Å². The molecule has 3 N–H and O–H groups in total. The van der Waals surface area contributed by atoms with Gasteiger partial charge >= 0.3 is 18.4 Å². The lowest BCUT2D eigenvalue weighted by Crippen LogP contribution is -2.37. The Labute approximate surface area is 209 Å². The second kappa shape index (κ2) is 10.8. The van der Waals surface area contributed by atoms with Gasteiger partial charge in [-0.25, -0.2) is 19.3 Å². The van der Waals surface area contributed by atoms with Gasteiger partial charge in [0, 0.05) is 16.9 Å². The molecule has 1 heterocycles. The topological polar surface area (TPSA) is 110 Å².